The largest absolute Gasteiger partial charge is 0.393 e. The van der Waals surface area contributed by atoms with E-state index in [4.69, 9.17) is 5.73 Å². The Labute approximate surface area is 115 Å². The van der Waals surface area contributed by atoms with Crippen LogP contribution in [0.1, 0.15) is 17.3 Å². The number of nitro benzene ring substituents is 1. The van der Waals surface area contributed by atoms with Crippen molar-refractivity contribution >= 4 is 29.0 Å². The Morgan fingerprint density at radius 2 is 2.26 bits per heavy atom. The normalized spacial score (nSPS) is 11.9. The van der Waals surface area contributed by atoms with Gasteiger partial charge in [0.05, 0.1) is 4.92 Å². The van der Waals surface area contributed by atoms with Gasteiger partial charge in [0.25, 0.3) is 5.91 Å². The molecule has 1 unspecified atom stereocenters. The number of amides is 1. The molecular weight excluding hydrogens is 266 g/mol. The Hall–Kier alpha value is -1.76. The van der Waals surface area contributed by atoms with Crippen molar-refractivity contribution in [3.8, 4) is 0 Å². The number of nitrogens with one attached hydrogen (secondary N) is 1. The van der Waals surface area contributed by atoms with E-state index in [1.807, 2.05) is 13.2 Å². The molecule has 0 aliphatic heterocycles. The third-order valence-corrected chi connectivity index (χ3v) is 3.46. The Kier molecular flexibility index (Phi) is 5.62. The van der Waals surface area contributed by atoms with Crippen LogP contribution in [0.15, 0.2) is 18.2 Å². The van der Waals surface area contributed by atoms with Crippen molar-refractivity contribution in [1.29, 1.82) is 0 Å². The number of nitrogens with zero attached hydrogens (tertiary/aromatic N) is 1. The quantitative estimate of drug-likeness (QED) is 0.472. The van der Waals surface area contributed by atoms with Crippen LogP contribution in [-0.2, 0) is 0 Å². The summed E-state index contributed by atoms with van der Waals surface area (Å²) in [5.41, 5.74) is 5.20. The maximum absolute atomic E-state index is 12.0. The van der Waals surface area contributed by atoms with E-state index in [9.17, 15) is 14.9 Å². The van der Waals surface area contributed by atoms with Crippen molar-refractivity contribution in [2.24, 2.45) is 5.92 Å². The summed E-state index contributed by atoms with van der Waals surface area (Å²) in [6.45, 7) is 2.48. The third kappa shape index (κ3) is 4.13. The first-order valence-corrected chi connectivity index (χ1v) is 7.16. The summed E-state index contributed by atoms with van der Waals surface area (Å²) in [6, 6.07) is 4.34. The average molecular weight is 283 g/mol. The van der Waals surface area contributed by atoms with Crippen molar-refractivity contribution < 1.29 is 9.72 Å². The number of thioether (sulfide) groups is 1. The van der Waals surface area contributed by atoms with Crippen molar-refractivity contribution in [2.75, 3.05) is 24.3 Å². The molecule has 0 saturated heterocycles. The highest BCUT2D eigenvalue weighted by atomic mass is 32.2. The minimum Gasteiger partial charge on any atom is -0.393 e. The van der Waals surface area contributed by atoms with Crippen LogP contribution in [0.4, 0.5) is 11.4 Å². The van der Waals surface area contributed by atoms with E-state index in [1.54, 1.807) is 11.8 Å². The monoisotopic (exact) mass is 283 g/mol. The molecule has 0 saturated carbocycles. The van der Waals surface area contributed by atoms with E-state index in [0.717, 1.165) is 5.75 Å². The number of hydrogen-bond acceptors (Lipinski definition) is 5. The molecule has 3 N–H and O–H groups in total. The lowest BCUT2D eigenvalue weighted by Crippen LogP contribution is -2.29. The molecular formula is C12H17N3O3S. The molecule has 0 bridgehead atoms. The Balaban J connectivity index is 2.83. The number of carbonyl (C=O) groups is 1. The average Bonchev–Trinajstić information content (AvgIpc) is 2.35. The predicted octanol–water partition coefficient (Wildman–Crippen LogP) is 1.91. The molecule has 6 nitrogen and oxygen atoms in total. The number of para-hydroxylation sites is 1. The zero-order valence-corrected chi connectivity index (χ0v) is 11.7. The van der Waals surface area contributed by atoms with Crippen LogP contribution >= 0.6 is 11.8 Å². The zero-order chi connectivity index (χ0) is 14.4. The molecule has 0 heterocycles. The van der Waals surface area contributed by atoms with Gasteiger partial charge in [0.15, 0.2) is 0 Å². The van der Waals surface area contributed by atoms with Crippen LogP contribution in [0.3, 0.4) is 0 Å². The lowest BCUT2D eigenvalue weighted by molar-refractivity contribution is -0.384. The number of hydrogen-bond donors (Lipinski definition) is 2. The Bertz CT molecular complexity index is 479. The molecule has 0 aliphatic carbocycles. The summed E-state index contributed by atoms with van der Waals surface area (Å²) in [6.07, 6.45) is 1.99. The molecule has 1 rings (SSSR count). The molecule has 0 spiro atoms. The van der Waals surface area contributed by atoms with E-state index in [-0.39, 0.29) is 16.9 Å². The number of carbonyl (C=O) groups excluding carboxylic acids is 1. The first-order valence-electron chi connectivity index (χ1n) is 5.77. The van der Waals surface area contributed by atoms with Crippen molar-refractivity contribution in [3.05, 3.63) is 33.9 Å². The number of nitrogen functional groups attached to an aromatic ring is 1. The lowest BCUT2D eigenvalue weighted by atomic mass is 10.1. The van der Waals surface area contributed by atoms with Crippen LogP contribution in [0.25, 0.3) is 0 Å². The third-order valence-electron chi connectivity index (χ3n) is 2.56. The predicted molar refractivity (Wildman–Crippen MR) is 77.4 cm³/mol. The maximum atomic E-state index is 12.0. The van der Waals surface area contributed by atoms with Gasteiger partial charge in [-0.25, -0.2) is 0 Å². The summed E-state index contributed by atoms with van der Waals surface area (Å²) < 4.78 is 0. The minimum atomic E-state index is -0.629. The van der Waals surface area contributed by atoms with Crippen molar-refractivity contribution in [3.63, 3.8) is 0 Å². The topological polar surface area (TPSA) is 98.3 Å². The van der Waals surface area contributed by atoms with Gasteiger partial charge in [-0.3, -0.25) is 14.9 Å². The van der Waals surface area contributed by atoms with Crippen LogP contribution in [0.5, 0.6) is 0 Å². The van der Waals surface area contributed by atoms with Crippen molar-refractivity contribution in [1.82, 2.24) is 5.32 Å². The van der Waals surface area contributed by atoms with E-state index in [1.165, 1.54) is 18.2 Å². The fourth-order valence-electron chi connectivity index (χ4n) is 1.65. The highest BCUT2D eigenvalue weighted by molar-refractivity contribution is 7.98. The standard InChI is InChI=1S/C12H17N3O3S/c1-8(7-19-2)6-14-12(16)9-4-3-5-10(13)11(9)15(17)18/h3-5,8H,6-7,13H2,1-2H3,(H,14,16). The smallest absolute Gasteiger partial charge is 0.304 e. The molecule has 1 aromatic carbocycles. The van der Waals surface area contributed by atoms with Gasteiger partial charge >= 0.3 is 5.69 Å². The molecule has 0 fully saturated rings. The van der Waals surface area contributed by atoms with E-state index in [0.29, 0.717) is 12.5 Å². The minimum absolute atomic E-state index is 0.00125. The van der Waals surface area contributed by atoms with Gasteiger partial charge in [-0.05, 0) is 30.1 Å². The fourth-order valence-corrected chi connectivity index (χ4v) is 2.34. The molecule has 1 atom stereocenters. The van der Waals surface area contributed by atoms with Crippen LogP contribution in [0, 0.1) is 16.0 Å². The maximum Gasteiger partial charge on any atom is 0.304 e. The van der Waals surface area contributed by atoms with E-state index in [2.05, 4.69) is 5.32 Å². The molecule has 104 valence electrons. The molecule has 7 heteroatoms. The number of rotatable bonds is 6. The summed E-state index contributed by atoms with van der Waals surface area (Å²) in [7, 11) is 0. The van der Waals surface area contributed by atoms with Crippen LogP contribution < -0.4 is 11.1 Å². The number of nitrogens with two attached hydrogens (primary N) is 1. The van der Waals surface area contributed by atoms with Gasteiger partial charge in [-0.2, -0.15) is 11.8 Å². The second-order valence-corrected chi connectivity index (χ2v) is 5.18. The zero-order valence-electron chi connectivity index (χ0n) is 10.9. The molecule has 0 aliphatic rings. The first-order chi connectivity index (χ1) is 8.97. The van der Waals surface area contributed by atoms with Gasteiger partial charge in [0.2, 0.25) is 0 Å². The first kappa shape index (κ1) is 15.3. The number of nitro groups is 1. The van der Waals surface area contributed by atoms with Gasteiger partial charge < -0.3 is 11.1 Å². The van der Waals surface area contributed by atoms with Gasteiger partial charge in [-0.15, -0.1) is 0 Å². The summed E-state index contributed by atoms with van der Waals surface area (Å²) in [5, 5.41) is 13.6. The van der Waals surface area contributed by atoms with Crippen LogP contribution in [0.2, 0.25) is 0 Å². The van der Waals surface area contributed by atoms with Gasteiger partial charge in [0.1, 0.15) is 11.3 Å². The molecule has 1 amide bonds. The summed E-state index contributed by atoms with van der Waals surface area (Å²) in [5.74, 6) is 0.755. The fraction of sp³-hybridized carbons (Fsp3) is 0.417. The highest BCUT2D eigenvalue weighted by Gasteiger charge is 2.23. The summed E-state index contributed by atoms with van der Waals surface area (Å²) in [4.78, 5) is 22.3. The SMILES string of the molecule is CSCC(C)CNC(=O)c1cccc(N)c1[N+](=O)[O-]. The van der Waals surface area contributed by atoms with Gasteiger partial charge in [-0.1, -0.05) is 13.0 Å². The molecule has 1 aromatic rings. The molecule has 19 heavy (non-hydrogen) atoms. The summed E-state index contributed by atoms with van der Waals surface area (Å²) >= 11 is 1.69. The lowest BCUT2D eigenvalue weighted by Gasteiger charge is -2.11. The Morgan fingerprint density at radius 3 is 2.84 bits per heavy atom. The Morgan fingerprint density at radius 1 is 1.58 bits per heavy atom. The van der Waals surface area contributed by atoms with E-state index >= 15 is 0 Å². The second kappa shape index (κ2) is 6.98. The molecule has 0 radical (unpaired) electrons. The van der Waals surface area contributed by atoms with E-state index < -0.39 is 10.8 Å². The highest BCUT2D eigenvalue weighted by Crippen LogP contribution is 2.25. The van der Waals surface area contributed by atoms with Gasteiger partial charge in [0, 0.05) is 6.54 Å². The van der Waals surface area contributed by atoms with Crippen LogP contribution in [-0.4, -0.2) is 29.4 Å². The number of benzene rings is 1. The number of anilines is 1. The van der Waals surface area contributed by atoms with Crippen molar-refractivity contribution in [2.45, 2.75) is 6.92 Å². The molecule has 0 aromatic heterocycles. The second-order valence-electron chi connectivity index (χ2n) is 4.27.